The van der Waals surface area contributed by atoms with E-state index in [0.29, 0.717) is 24.0 Å². The number of aryl methyl sites for hydroxylation is 1. The number of benzene rings is 2. The van der Waals surface area contributed by atoms with Crippen molar-refractivity contribution in [2.45, 2.75) is 32.9 Å². The first kappa shape index (κ1) is 25.9. The van der Waals surface area contributed by atoms with Gasteiger partial charge in [0.25, 0.3) is 0 Å². The number of hydrogen-bond acceptors (Lipinski definition) is 6. The fourth-order valence-corrected chi connectivity index (χ4v) is 3.56. The van der Waals surface area contributed by atoms with Crippen molar-refractivity contribution in [3.8, 4) is 0 Å². The quantitative estimate of drug-likeness (QED) is 0.196. The topological polar surface area (TPSA) is 92.9 Å². The molecule has 1 aliphatic heterocycles. The smallest absolute Gasteiger partial charge is 0.150 e. The molecule has 1 saturated heterocycles. The number of nitrogens with zero attached hydrogens (tertiary/aromatic N) is 2. The number of carbonyl (C=O) groups excluding carboxylic acids is 1. The lowest BCUT2D eigenvalue weighted by atomic mass is 10.0. The summed E-state index contributed by atoms with van der Waals surface area (Å²) in [6.45, 7) is 10.8. The number of aromatic nitrogens is 1. The number of nitrogens with one attached hydrogen (secondary N) is 1. The number of anilines is 1. The van der Waals surface area contributed by atoms with Crippen LogP contribution in [0.3, 0.4) is 0 Å². The second-order valence-electron chi connectivity index (χ2n) is 8.39. The molecular formula is C28H31FN4O2. The molecule has 1 aliphatic rings. The molecule has 0 aliphatic carbocycles. The van der Waals surface area contributed by atoms with Crippen LogP contribution >= 0.6 is 0 Å². The van der Waals surface area contributed by atoms with E-state index in [4.69, 9.17) is 4.74 Å². The van der Waals surface area contributed by atoms with Gasteiger partial charge in [-0.2, -0.15) is 0 Å². The van der Waals surface area contributed by atoms with Gasteiger partial charge in [0.05, 0.1) is 12.1 Å². The summed E-state index contributed by atoms with van der Waals surface area (Å²) in [5, 5.41) is 4.25. The minimum atomic E-state index is -0.358. The van der Waals surface area contributed by atoms with Crippen LogP contribution in [-0.2, 0) is 11.3 Å². The number of aliphatic imine (C=N–C) groups is 1. The highest BCUT2D eigenvalue weighted by Gasteiger charge is 2.42. The van der Waals surface area contributed by atoms with Gasteiger partial charge in [0.15, 0.2) is 0 Å². The summed E-state index contributed by atoms with van der Waals surface area (Å²) in [4.78, 5) is 20.2. The Morgan fingerprint density at radius 2 is 2.06 bits per heavy atom. The zero-order valence-electron chi connectivity index (χ0n) is 20.6. The second kappa shape index (κ2) is 11.2. The monoisotopic (exact) mass is 474 g/mol. The lowest BCUT2D eigenvalue weighted by Gasteiger charge is -2.14. The summed E-state index contributed by atoms with van der Waals surface area (Å²) in [5.74, 6) is -0.358. The van der Waals surface area contributed by atoms with Gasteiger partial charge in [-0.05, 0) is 74.9 Å². The molecule has 0 amide bonds. The fraction of sp³-hybridized carbons (Fsp3) is 0.250. The van der Waals surface area contributed by atoms with Crippen LogP contribution in [0.2, 0.25) is 0 Å². The summed E-state index contributed by atoms with van der Waals surface area (Å²) >= 11 is 0. The molecule has 3 N–H and O–H groups in total. The van der Waals surface area contributed by atoms with E-state index in [9.17, 15) is 9.18 Å². The van der Waals surface area contributed by atoms with E-state index >= 15 is 0 Å². The average Bonchev–Trinajstić information content (AvgIpc) is 3.64. The Balaban J connectivity index is 0.00000167. The highest BCUT2D eigenvalue weighted by molar-refractivity contribution is 5.96. The molecule has 1 unspecified atom stereocenters. The third-order valence-electron chi connectivity index (χ3n) is 6.01. The number of rotatable bonds is 8. The predicted octanol–water partition coefficient (Wildman–Crippen LogP) is 5.46. The molecule has 4 rings (SSSR count). The highest BCUT2D eigenvalue weighted by Crippen LogP contribution is 2.31. The third kappa shape index (κ3) is 5.88. The van der Waals surface area contributed by atoms with Crippen LogP contribution < -0.4 is 11.1 Å². The van der Waals surface area contributed by atoms with Gasteiger partial charge in [-0.1, -0.05) is 18.7 Å². The normalized spacial score (nSPS) is 17.4. The van der Waals surface area contributed by atoms with Crippen LogP contribution in [0.25, 0.3) is 16.5 Å². The maximum atomic E-state index is 14.3. The molecule has 3 aromatic rings. The van der Waals surface area contributed by atoms with Crippen molar-refractivity contribution in [1.82, 2.24) is 4.98 Å². The van der Waals surface area contributed by atoms with Crippen molar-refractivity contribution in [3.63, 3.8) is 0 Å². The van der Waals surface area contributed by atoms with Gasteiger partial charge in [-0.25, -0.2) is 4.39 Å². The summed E-state index contributed by atoms with van der Waals surface area (Å²) in [6, 6.07) is 10.3. The van der Waals surface area contributed by atoms with Crippen molar-refractivity contribution in [2.75, 3.05) is 19.0 Å². The minimum Gasteiger partial charge on any atom is -0.380 e. The van der Waals surface area contributed by atoms with Crippen molar-refractivity contribution >= 4 is 34.2 Å². The molecule has 1 fully saturated rings. The standard InChI is InChI=1S/C27H26FN3O2.CH5N/c1-5-20(13-29-18(3)27(4)16-33-27)21-7-9-25-23(11-21)26(17(2)12-30-25)31-14-22-10-19(15-32)6-8-24(22)28;1-2/h5-13,15H,1,14,16H2,2-4H3,(H,30,31);2H2,1H3/b20-13+,29-18?;. The first-order valence-corrected chi connectivity index (χ1v) is 11.3. The number of ether oxygens (including phenoxy) is 1. The van der Waals surface area contributed by atoms with Crippen molar-refractivity contribution in [2.24, 2.45) is 10.7 Å². The third-order valence-corrected chi connectivity index (χ3v) is 6.01. The second-order valence-corrected chi connectivity index (χ2v) is 8.39. The van der Waals surface area contributed by atoms with Gasteiger partial charge in [-0.3, -0.25) is 14.8 Å². The molecular weight excluding hydrogens is 443 g/mol. The van der Waals surface area contributed by atoms with Crippen LogP contribution in [0.15, 0.2) is 66.4 Å². The summed E-state index contributed by atoms with van der Waals surface area (Å²) < 4.78 is 19.7. The number of epoxide rings is 1. The molecule has 2 heterocycles. The maximum Gasteiger partial charge on any atom is 0.150 e. The van der Waals surface area contributed by atoms with Crippen LogP contribution in [0, 0.1) is 12.7 Å². The summed E-state index contributed by atoms with van der Waals surface area (Å²) in [6.07, 6.45) is 6.07. The van der Waals surface area contributed by atoms with Crippen LogP contribution in [0.5, 0.6) is 0 Å². The number of pyridine rings is 1. The van der Waals surface area contributed by atoms with Crippen LogP contribution in [-0.4, -0.2) is 36.2 Å². The van der Waals surface area contributed by atoms with E-state index in [1.54, 1.807) is 24.5 Å². The molecule has 35 heavy (non-hydrogen) atoms. The molecule has 182 valence electrons. The van der Waals surface area contributed by atoms with Crippen LogP contribution in [0.1, 0.15) is 40.9 Å². The molecule has 0 spiro atoms. The number of halogens is 1. The summed E-state index contributed by atoms with van der Waals surface area (Å²) in [7, 11) is 1.50. The van der Waals surface area contributed by atoms with E-state index in [1.807, 2.05) is 39.0 Å². The SMILES string of the molecule is C=C/C(=C\N=C(C)C1(C)CO1)c1ccc2ncc(C)c(NCc3cc(C=O)ccc3F)c2c1.CN. The van der Waals surface area contributed by atoms with Gasteiger partial charge < -0.3 is 15.8 Å². The van der Waals surface area contributed by atoms with Gasteiger partial charge in [0.2, 0.25) is 0 Å². The Kier molecular flexibility index (Phi) is 8.27. The van der Waals surface area contributed by atoms with Gasteiger partial charge in [0.1, 0.15) is 17.7 Å². The zero-order chi connectivity index (χ0) is 25.6. The Bertz CT molecular complexity index is 1310. The summed E-state index contributed by atoms with van der Waals surface area (Å²) in [5.41, 5.74) is 10.4. The molecule has 0 saturated carbocycles. The lowest BCUT2D eigenvalue weighted by molar-refractivity contribution is 0.112. The Morgan fingerprint density at radius 3 is 2.71 bits per heavy atom. The van der Waals surface area contributed by atoms with Gasteiger partial charge in [0, 0.05) is 46.9 Å². The van der Waals surface area contributed by atoms with Crippen LogP contribution in [0.4, 0.5) is 10.1 Å². The van der Waals surface area contributed by atoms with E-state index in [-0.39, 0.29) is 18.0 Å². The van der Waals surface area contributed by atoms with Crippen molar-refractivity contribution < 1.29 is 13.9 Å². The van der Waals surface area contributed by atoms with E-state index in [1.165, 1.54) is 19.2 Å². The molecule has 1 atom stereocenters. The van der Waals surface area contributed by atoms with Gasteiger partial charge in [-0.15, -0.1) is 0 Å². The average molecular weight is 475 g/mol. The lowest BCUT2D eigenvalue weighted by Crippen LogP contribution is -2.16. The number of fused-ring (bicyclic) bond motifs is 1. The molecule has 0 bridgehead atoms. The number of carbonyl (C=O) groups is 1. The molecule has 1 aromatic heterocycles. The van der Waals surface area contributed by atoms with Crippen molar-refractivity contribution in [3.05, 3.63) is 89.5 Å². The molecule has 7 heteroatoms. The number of hydrogen-bond donors (Lipinski definition) is 2. The molecule has 0 radical (unpaired) electrons. The van der Waals surface area contributed by atoms with Crippen molar-refractivity contribution in [1.29, 1.82) is 0 Å². The number of allylic oxidation sites excluding steroid dienone is 2. The first-order chi connectivity index (χ1) is 16.8. The Hall–Kier alpha value is -3.68. The minimum absolute atomic E-state index is 0.240. The molecule has 6 nitrogen and oxygen atoms in total. The maximum absolute atomic E-state index is 14.3. The molecule has 2 aromatic carbocycles. The highest BCUT2D eigenvalue weighted by atomic mass is 19.1. The van der Waals surface area contributed by atoms with E-state index < -0.39 is 0 Å². The van der Waals surface area contributed by atoms with Gasteiger partial charge >= 0.3 is 0 Å². The fourth-order valence-electron chi connectivity index (χ4n) is 3.56. The first-order valence-electron chi connectivity index (χ1n) is 11.3. The van der Waals surface area contributed by atoms with E-state index in [0.717, 1.165) is 39.0 Å². The Labute approximate surface area is 205 Å². The zero-order valence-corrected chi connectivity index (χ0v) is 20.6. The Morgan fingerprint density at radius 1 is 1.31 bits per heavy atom. The predicted molar refractivity (Wildman–Crippen MR) is 141 cm³/mol. The number of aldehydes is 1. The number of nitrogens with two attached hydrogens (primary N) is 1. The van der Waals surface area contributed by atoms with E-state index in [2.05, 4.69) is 27.6 Å². The largest absolute Gasteiger partial charge is 0.380 e.